The van der Waals surface area contributed by atoms with E-state index in [4.69, 9.17) is 14.2 Å². The van der Waals surface area contributed by atoms with E-state index in [1.54, 1.807) is 12.1 Å². The van der Waals surface area contributed by atoms with Crippen molar-refractivity contribution in [2.45, 2.75) is 214 Å². The molecular formula is C53H82F3NO7. The minimum absolute atomic E-state index is 0.105. The van der Waals surface area contributed by atoms with Crippen molar-refractivity contribution in [2.24, 2.45) is 46.3 Å². The van der Waals surface area contributed by atoms with E-state index in [0.717, 1.165) is 83.7 Å². The lowest BCUT2D eigenvalue weighted by atomic mass is 9.43. The first kappa shape index (κ1) is 52.0. The van der Waals surface area contributed by atoms with Crippen molar-refractivity contribution in [1.29, 1.82) is 0 Å². The zero-order chi connectivity index (χ0) is 46.7. The maximum atomic E-state index is 14.1. The van der Waals surface area contributed by atoms with Gasteiger partial charge in [0.15, 0.2) is 0 Å². The molecule has 4 fully saturated rings. The number of fused-ring (bicyclic) bond motifs is 5. The van der Waals surface area contributed by atoms with Crippen molar-refractivity contribution in [3.05, 3.63) is 35.4 Å². The van der Waals surface area contributed by atoms with E-state index >= 15 is 0 Å². The number of hydrogen-bond acceptors (Lipinski definition) is 7. The number of unbranched alkanes of at least 4 members (excludes halogenated alkanes) is 10. The van der Waals surface area contributed by atoms with Crippen LogP contribution in [0.1, 0.15) is 199 Å². The topological polar surface area (TPSA) is 99.2 Å². The highest BCUT2D eigenvalue weighted by atomic mass is 19.4. The Morgan fingerprint density at radius 2 is 1.36 bits per heavy atom. The summed E-state index contributed by atoms with van der Waals surface area (Å²) < 4.78 is 58.7. The number of Topliss-reactive ketones (excluding diaryl/α,β-unsaturated/α-hetero) is 1. The van der Waals surface area contributed by atoms with E-state index in [1.165, 1.54) is 77.3 Å². The van der Waals surface area contributed by atoms with Crippen LogP contribution in [-0.2, 0) is 35.2 Å². The monoisotopic (exact) mass is 902 g/mol. The normalized spacial score (nSPS) is 30.4. The lowest BCUT2D eigenvalue weighted by molar-refractivity contribution is -0.227. The van der Waals surface area contributed by atoms with Crippen LogP contribution in [0.25, 0.3) is 0 Å². The molecule has 11 atom stereocenters. The molecule has 8 nitrogen and oxygen atoms in total. The molecule has 0 N–H and O–H groups in total. The van der Waals surface area contributed by atoms with Gasteiger partial charge in [0, 0.05) is 44.3 Å². The highest BCUT2D eigenvalue weighted by molar-refractivity contribution is 6.00. The van der Waals surface area contributed by atoms with Crippen LogP contribution in [0, 0.1) is 46.3 Å². The Kier molecular flexibility index (Phi) is 19.2. The van der Waals surface area contributed by atoms with E-state index in [1.807, 2.05) is 0 Å². The van der Waals surface area contributed by atoms with E-state index in [2.05, 4.69) is 39.5 Å². The molecule has 0 aliphatic heterocycles. The summed E-state index contributed by atoms with van der Waals surface area (Å²) in [5, 5.41) is 0. The fourth-order valence-corrected chi connectivity index (χ4v) is 13.3. The summed E-state index contributed by atoms with van der Waals surface area (Å²) in [5.41, 5.74) is -0.178. The van der Waals surface area contributed by atoms with Crippen molar-refractivity contribution in [1.82, 2.24) is 4.90 Å². The molecule has 64 heavy (non-hydrogen) atoms. The number of alkyl halides is 3. The molecule has 0 saturated heterocycles. The number of esters is 2. The number of rotatable bonds is 24. The first-order valence-corrected chi connectivity index (χ1v) is 25.4. The number of nitrogens with zero attached hydrogens (tertiary/aromatic N) is 1. The molecule has 0 heterocycles. The van der Waals surface area contributed by atoms with Crippen molar-refractivity contribution >= 4 is 23.6 Å². The maximum Gasteiger partial charge on any atom is 0.454 e. The van der Waals surface area contributed by atoms with Gasteiger partial charge in [0.05, 0.1) is 12.7 Å². The van der Waals surface area contributed by atoms with Gasteiger partial charge in [0.25, 0.3) is 5.78 Å². The molecule has 0 bridgehead atoms. The molecule has 0 aromatic heterocycles. The molecule has 0 unspecified atom stereocenters. The van der Waals surface area contributed by atoms with Gasteiger partial charge >= 0.3 is 18.1 Å². The highest BCUT2D eigenvalue weighted by Crippen LogP contribution is 2.69. The third-order valence-electron chi connectivity index (χ3n) is 16.8. The zero-order valence-electron chi connectivity index (χ0n) is 40.4. The Hall–Kier alpha value is -2.95. The van der Waals surface area contributed by atoms with Gasteiger partial charge in [-0.15, -0.1) is 0 Å². The number of amides is 1. The van der Waals surface area contributed by atoms with Crippen LogP contribution in [0.2, 0.25) is 0 Å². The van der Waals surface area contributed by atoms with Gasteiger partial charge in [0.2, 0.25) is 5.91 Å². The van der Waals surface area contributed by atoms with Gasteiger partial charge < -0.3 is 19.1 Å². The number of halogens is 3. The molecular weight excluding hydrogens is 820 g/mol. The predicted molar refractivity (Wildman–Crippen MR) is 244 cm³/mol. The average molecular weight is 902 g/mol. The zero-order valence-corrected chi connectivity index (χ0v) is 40.4. The SMILES string of the molecule is CCCCCCCCN(CCCCCCCC)C(=O)CC[C@@H](C)[C@H]1CC[C@H]2[C@@H]3[C@H](OCc4ccc(C(=O)C(F)(F)F)cc4)C[C@@H]4C[C@H](OC(C)=O)CC[C@]4(C)[C@H]3C[C@H](OC(C)=O)[C@]12C. The average Bonchev–Trinajstić information content (AvgIpc) is 3.61. The minimum atomic E-state index is -4.95. The maximum absolute atomic E-state index is 14.1. The second-order valence-electron chi connectivity index (χ2n) is 20.9. The Balaban J connectivity index is 1.36. The van der Waals surface area contributed by atoms with Crippen LogP contribution in [0.4, 0.5) is 13.2 Å². The molecule has 0 spiro atoms. The molecule has 11 heteroatoms. The van der Waals surface area contributed by atoms with Gasteiger partial charge in [-0.2, -0.15) is 13.2 Å². The molecule has 1 aromatic carbocycles. The Morgan fingerprint density at radius 3 is 1.94 bits per heavy atom. The van der Waals surface area contributed by atoms with Gasteiger partial charge in [-0.25, -0.2) is 0 Å². The Bertz CT molecular complexity index is 1650. The molecule has 4 aliphatic carbocycles. The minimum Gasteiger partial charge on any atom is -0.463 e. The number of hydrogen-bond donors (Lipinski definition) is 0. The summed E-state index contributed by atoms with van der Waals surface area (Å²) in [6.45, 7) is 16.3. The van der Waals surface area contributed by atoms with Crippen LogP contribution >= 0.6 is 0 Å². The quantitative estimate of drug-likeness (QED) is 0.0579. The molecule has 5 rings (SSSR count). The van der Waals surface area contributed by atoms with Crippen LogP contribution in [0.5, 0.6) is 0 Å². The fraction of sp³-hybridized carbons (Fsp3) is 0.811. The number of carbonyl (C=O) groups excluding carboxylic acids is 4. The molecule has 4 aliphatic rings. The first-order chi connectivity index (χ1) is 30.4. The van der Waals surface area contributed by atoms with Gasteiger partial charge in [-0.3, -0.25) is 19.2 Å². The van der Waals surface area contributed by atoms with E-state index in [9.17, 15) is 32.3 Å². The van der Waals surface area contributed by atoms with Crippen LogP contribution < -0.4 is 0 Å². The molecule has 4 saturated carbocycles. The third-order valence-corrected chi connectivity index (χ3v) is 16.8. The molecule has 1 aromatic rings. The van der Waals surface area contributed by atoms with Gasteiger partial charge in [-0.05, 0) is 111 Å². The summed E-state index contributed by atoms with van der Waals surface area (Å²) in [5.74, 6) is -1.07. The van der Waals surface area contributed by atoms with E-state index in [0.29, 0.717) is 18.4 Å². The van der Waals surface area contributed by atoms with Crippen LogP contribution in [0.3, 0.4) is 0 Å². The van der Waals surface area contributed by atoms with Crippen molar-refractivity contribution in [2.75, 3.05) is 13.1 Å². The van der Waals surface area contributed by atoms with Crippen molar-refractivity contribution in [3.63, 3.8) is 0 Å². The predicted octanol–water partition coefficient (Wildman–Crippen LogP) is 13.0. The Labute approximate surface area is 383 Å². The standard InChI is InChI=1S/C53H82F3NO7/c1-8-10-12-14-16-18-30-57(31-19-17-15-13-11-9-2)48(60)27-20-36(3)43-25-26-44-49-45(34-47(52(43,44)7)64-38(5)59)51(6)29-28-42(63-37(4)58)32-41(51)33-46(49)62-35-39-21-23-40(24-22-39)50(61)53(54,55)56/h21-24,36,41-47,49H,8-20,25-35H2,1-7H3/t36-,41+,42-,43-,44+,45+,46-,47+,49+,51+,52-/m1/s1. The summed E-state index contributed by atoms with van der Waals surface area (Å²) in [6, 6.07) is 5.52. The number of benzene rings is 1. The highest BCUT2D eigenvalue weighted by Gasteiger charge is 2.67. The largest absolute Gasteiger partial charge is 0.463 e. The lowest BCUT2D eigenvalue weighted by Gasteiger charge is -2.64. The van der Waals surface area contributed by atoms with Crippen molar-refractivity contribution in [3.8, 4) is 0 Å². The van der Waals surface area contributed by atoms with Crippen LogP contribution in [0.15, 0.2) is 24.3 Å². The molecule has 1 amide bonds. The second-order valence-corrected chi connectivity index (χ2v) is 20.9. The smallest absolute Gasteiger partial charge is 0.454 e. The summed E-state index contributed by atoms with van der Waals surface area (Å²) in [4.78, 5) is 53.3. The number of ether oxygens (including phenoxy) is 3. The van der Waals surface area contributed by atoms with Crippen molar-refractivity contribution < 1.29 is 46.6 Å². The van der Waals surface area contributed by atoms with E-state index < -0.39 is 17.5 Å². The third kappa shape index (κ3) is 12.9. The molecule has 0 radical (unpaired) electrons. The van der Waals surface area contributed by atoms with Gasteiger partial charge in [-0.1, -0.05) is 123 Å². The number of ketones is 1. The lowest BCUT2D eigenvalue weighted by Crippen LogP contribution is -2.63. The molecule has 362 valence electrons. The summed E-state index contributed by atoms with van der Waals surface area (Å²) >= 11 is 0. The number of carbonyl (C=O) groups is 4. The van der Waals surface area contributed by atoms with E-state index in [-0.39, 0.29) is 89.1 Å². The fourth-order valence-electron chi connectivity index (χ4n) is 13.3. The first-order valence-electron chi connectivity index (χ1n) is 25.4. The second kappa shape index (κ2) is 23.7. The Morgan fingerprint density at radius 1 is 0.766 bits per heavy atom. The van der Waals surface area contributed by atoms with Crippen LogP contribution in [-0.4, -0.2) is 66.1 Å². The van der Waals surface area contributed by atoms with Gasteiger partial charge in [0.1, 0.15) is 12.2 Å². The summed E-state index contributed by atoms with van der Waals surface area (Å²) in [7, 11) is 0. The summed E-state index contributed by atoms with van der Waals surface area (Å²) in [6.07, 6.45) is 15.7.